The molecule has 0 bridgehead atoms. The number of nitrogens with zero attached hydrogens (tertiary/aromatic N) is 2. The quantitative estimate of drug-likeness (QED) is 0.868. The van der Waals surface area contributed by atoms with Crippen molar-refractivity contribution in [2.24, 2.45) is 0 Å². The third-order valence-corrected chi connectivity index (χ3v) is 4.00. The van der Waals surface area contributed by atoms with E-state index in [0.717, 1.165) is 4.90 Å². The Morgan fingerprint density at radius 3 is 2.74 bits per heavy atom. The molecule has 2 aromatic rings. The number of hydrogen-bond acceptors (Lipinski definition) is 4. The summed E-state index contributed by atoms with van der Waals surface area (Å²) in [6.07, 6.45) is 0. The normalized spacial score (nSPS) is 10.5. The van der Waals surface area contributed by atoms with Gasteiger partial charge in [0.2, 0.25) is 0 Å². The number of aryl methyl sites for hydroxylation is 1. The molecule has 0 radical (unpaired) electrons. The molecule has 0 saturated carbocycles. The molecule has 0 amide bonds. The lowest BCUT2D eigenvalue weighted by atomic mass is 10.4. The van der Waals surface area contributed by atoms with Crippen molar-refractivity contribution in [2.45, 2.75) is 17.6 Å². The van der Waals surface area contributed by atoms with Crippen molar-refractivity contribution >= 4 is 29.2 Å². The number of rotatable bonds is 4. The summed E-state index contributed by atoms with van der Waals surface area (Å²) in [7, 11) is 1.63. The summed E-state index contributed by atoms with van der Waals surface area (Å²) in [4.78, 5) is 9.23. The Morgan fingerprint density at radius 2 is 2.05 bits per heavy atom. The third-order valence-electron chi connectivity index (χ3n) is 2.49. The minimum atomic E-state index is -0.408. The summed E-state index contributed by atoms with van der Waals surface area (Å²) >= 11 is 7.60. The molecule has 6 heteroatoms. The smallest absolute Gasteiger partial charge is 0.186 e. The first-order valence-electron chi connectivity index (χ1n) is 5.70. The number of aromatic nitrogens is 2. The summed E-state index contributed by atoms with van der Waals surface area (Å²) in [5.41, 5.74) is 0.342. The first kappa shape index (κ1) is 14.1. The zero-order valence-electron chi connectivity index (χ0n) is 10.6. The van der Waals surface area contributed by atoms with Crippen molar-refractivity contribution in [3.05, 3.63) is 46.6 Å². The number of halogens is 2. The van der Waals surface area contributed by atoms with Crippen LogP contribution < -0.4 is 5.32 Å². The van der Waals surface area contributed by atoms with E-state index < -0.39 is 5.82 Å². The molecule has 1 N–H and O–H groups in total. The van der Waals surface area contributed by atoms with Gasteiger partial charge in [0.05, 0.1) is 16.5 Å². The van der Waals surface area contributed by atoms with Gasteiger partial charge < -0.3 is 5.32 Å². The van der Waals surface area contributed by atoms with Gasteiger partial charge in [-0.15, -0.1) is 11.8 Å². The molecular weight excluding hydrogens is 285 g/mol. The SMILES string of the molecule is CNc1nc(CSc2ccccc2Cl)nc(C)c1F. The molecule has 1 heterocycles. The number of anilines is 1. The Bertz CT molecular complexity index is 592. The maximum absolute atomic E-state index is 13.6. The topological polar surface area (TPSA) is 37.8 Å². The minimum Gasteiger partial charge on any atom is -0.371 e. The van der Waals surface area contributed by atoms with Gasteiger partial charge in [-0.3, -0.25) is 0 Å². The minimum absolute atomic E-state index is 0.224. The van der Waals surface area contributed by atoms with E-state index in [-0.39, 0.29) is 5.82 Å². The lowest BCUT2D eigenvalue weighted by molar-refractivity contribution is 0.603. The van der Waals surface area contributed by atoms with Gasteiger partial charge in [0, 0.05) is 11.9 Å². The lowest BCUT2D eigenvalue weighted by Crippen LogP contribution is -2.05. The number of benzene rings is 1. The van der Waals surface area contributed by atoms with Gasteiger partial charge in [0.15, 0.2) is 11.6 Å². The molecular formula is C13H13ClFN3S. The number of nitrogens with one attached hydrogen (secondary N) is 1. The molecule has 0 saturated heterocycles. The van der Waals surface area contributed by atoms with Gasteiger partial charge in [-0.05, 0) is 19.1 Å². The van der Waals surface area contributed by atoms with Crippen LogP contribution in [0.4, 0.5) is 10.2 Å². The van der Waals surface area contributed by atoms with Crippen LogP contribution >= 0.6 is 23.4 Å². The van der Waals surface area contributed by atoms with E-state index in [4.69, 9.17) is 11.6 Å². The highest BCUT2D eigenvalue weighted by Gasteiger charge is 2.10. The lowest BCUT2D eigenvalue weighted by Gasteiger charge is -2.07. The number of thioether (sulfide) groups is 1. The molecule has 0 unspecified atom stereocenters. The van der Waals surface area contributed by atoms with E-state index in [1.54, 1.807) is 14.0 Å². The maximum Gasteiger partial charge on any atom is 0.186 e. The van der Waals surface area contributed by atoms with E-state index in [2.05, 4.69) is 15.3 Å². The summed E-state index contributed by atoms with van der Waals surface area (Å²) in [5.74, 6) is 0.934. The number of hydrogen-bond donors (Lipinski definition) is 1. The summed E-state index contributed by atoms with van der Waals surface area (Å²) < 4.78 is 13.6. The van der Waals surface area contributed by atoms with Crippen molar-refractivity contribution in [1.29, 1.82) is 0 Å². The van der Waals surface area contributed by atoms with Crippen LogP contribution in [0, 0.1) is 12.7 Å². The van der Waals surface area contributed by atoms with E-state index in [1.807, 2.05) is 24.3 Å². The largest absolute Gasteiger partial charge is 0.371 e. The molecule has 0 fully saturated rings. The van der Waals surface area contributed by atoms with Gasteiger partial charge in [0.1, 0.15) is 5.82 Å². The average Bonchev–Trinajstić information content (AvgIpc) is 2.41. The second-order valence-electron chi connectivity index (χ2n) is 3.86. The fraction of sp³-hybridized carbons (Fsp3) is 0.231. The summed E-state index contributed by atoms with van der Waals surface area (Å²) in [6, 6.07) is 7.57. The van der Waals surface area contributed by atoms with Gasteiger partial charge in [-0.1, -0.05) is 23.7 Å². The van der Waals surface area contributed by atoms with Gasteiger partial charge in [-0.25, -0.2) is 14.4 Å². The molecule has 0 aliphatic rings. The first-order valence-corrected chi connectivity index (χ1v) is 7.06. The van der Waals surface area contributed by atoms with Crippen molar-refractivity contribution < 1.29 is 4.39 Å². The van der Waals surface area contributed by atoms with Crippen molar-refractivity contribution in [1.82, 2.24) is 9.97 Å². The third kappa shape index (κ3) is 3.36. The van der Waals surface area contributed by atoms with Crippen LogP contribution in [0.1, 0.15) is 11.5 Å². The molecule has 0 aliphatic carbocycles. The fourth-order valence-electron chi connectivity index (χ4n) is 1.55. The Hall–Kier alpha value is -1.33. The highest BCUT2D eigenvalue weighted by molar-refractivity contribution is 7.98. The van der Waals surface area contributed by atoms with Crippen LogP contribution in [-0.4, -0.2) is 17.0 Å². The molecule has 0 spiro atoms. The van der Waals surface area contributed by atoms with Crippen molar-refractivity contribution in [3.63, 3.8) is 0 Å². The monoisotopic (exact) mass is 297 g/mol. The van der Waals surface area contributed by atoms with E-state index in [0.29, 0.717) is 22.3 Å². The molecule has 19 heavy (non-hydrogen) atoms. The van der Waals surface area contributed by atoms with Crippen molar-refractivity contribution in [2.75, 3.05) is 12.4 Å². The molecule has 0 aliphatic heterocycles. The average molecular weight is 298 g/mol. The molecule has 0 atom stereocenters. The molecule has 100 valence electrons. The van der Waals surface area contributed by atoms with Crippen LogP contribution in [0.5, 0.6) is 0 Å². The maximum atomic E-state index is 13.6. The summed E-state index contributed by atoms with van der Waals surface area (Å²) in [6.45, 7) is 1.63. The van der Waals surface area contributed by atoms with Crippen molar-refractivity contribution in [3.8, 4) is 0 Å². The summed E-state index contributed by atoms with van der Waals surface area (Å²) in [5, 5.41) is 3.42. The predicted molar refractivity (Wildman–Crippen MR) is 77.3 cm³/mol. The Morgan fingerprint density at radius 1 is 1.32 bits per heavy atom. The van der Waals surface area contributed by atoms with Crippen LogP contribution in [0.25, 0.3) is 0 Å². The molecule has 3 nitrogen and oxygen atoms in total. The Labute approximate surface area is 120 Å². The zero-order chi connectivity index (χ0) is 13.8. The van der Waals surface area contributed by atoms with Crippen LogP contribution in [-0.2, 0) is 5.75 Å². The van der Waals surface area contributed by atoms with Crippen LogP contribution in [0.3, 0.4) is 0 Å². The first-order chi connectivity index (χ1) is 9.11. The fourth-order valence-corrected chi connectivity index (χ4v) is 2.65. The standard InChI is InChI=1S/C13H13ClFN3S/c1-8-12(15)13(16-2)18-11(17-8)7-19-10-6-4-3-5-9(10)14/h3-6H,7H2,1-2H3,(H,16,17,18). The molecule has 1 aromatic heterocycles. The van der Waals surface area contributed by atoms with Crippen LogP contribution in [0.2, 0.25) is 5.02 Å². The van der Waals surface area contributed by atoms with Gasteiger partial charge in [-0.2, -0.15) is 0 Å². The Balaban J connectivity index is 2.16. The second kappa shape index (κ2) is 6.21. The van der Waals surface area contributed by atoms with Gasteiger partial charge >= 0.3 is 0 Å². The van der Waals surface area contributed by atoms with E-state index in [9.17, 15) is 4.39 Å². The second-order valence-corrected chi connectivity index (χ2v) is 5.28. The molecule has 1 aromatic carbocycles. The highest BCUT2D eigenvalue weighted by Crippen LogP contribution is 2.29. The Kier molecular flexibility index (Phi) is 4.61. The van der Waals surface area contributed by atoms with Gasteiger partial charge in [0.25, 0.3) is 0 Å². The highest BCUT2D eigenvalue weighted by atomic mass is 35.5. The van der Waals surface area contributed by atoms with Crippen LogP contribution in [0.15, 0.2) is 29.2 Å². The predicted octanol–water partition coefficient (Wildman–Crippen LogP) is 3.91. The van der Waals surface area contributed by atoms with E-state index >= 15 is 0 Å². The van der Waals surface area contributed by atoms with E-state index in [1.165, 1.54) is 11.8 Å². The zero-order valence-corrected chi connectivity index (χ0v) is 12.1. The molecule has 2 rings (SSSR count).